The van der Waals surface area contributed by atoms with Crippen molar-refractivity contribution in [3.05, 3.63) is 30.1 Å². The number of halogens is 2. The molecule has 22 heavy (non-hydrogen) atoms. The van der Waals surface area contributed by atoms with Gasteiger partial charge in [-0.05, 0) is 36.7 Å². The number of benzene rings is 1. The molecule has 0 saturated carbocycles. The van der Waals surface area contributed by atoms with E-state index in [9.17, 15) is 17.6 Å². The zero-order valence-electron chi connectivity index (χ0n) is 12.6. The lowest BCUT2D eigenvalue weighted by atomic mass is 10.1. The van der Waals surface area contributed by atoms with E-state index in [0.717, 1.165) is 12.1 Å². The summed E-state index contributed by atoms with van der Waals surface area (Å²) in [7, 11) is -3.62. The maximum Gasteiger partial charge on any atom is 0.223 e. The average Bonchev–Trinajstić information content (AvgIpc) is 2.44. The largest absolute Gasteiger partial charge is 0.356 e. The van der Waals surface area contributed by atoms with Crippen LogP contribution in [-0.4, -0.2) is 33.2 Å². The summed E-state index contributed by atoms with van der Waals surface area (Å²) in [6.45, 7) is 4.29. The third kappa shape index (κ3) is 6.29. The monoisotopic (exact) mass is 352 g/mol. The second-order valence-corrected chi connectivity index (χ2v) is 7.26. The molecular weight excluding hydrogens is 331 g/mol. The van der Waals surface area contributed by atoms with Gasteiger partial charge in [0.15, 0.2) is 9.84 Å². The molecule has 126 valence electrons. The summed E-state index contributed by atoms with van der Waals surface area (Å²) >= 11 is 0. The Labute approximate surface area is 136 Å². The fourth-order valence-electron chi connectivity index (χ4n) is 1.68. The number of sulfone groups is 1. The van der Waals surface area contributed by atoms with Gasteiger partial charge in [-0.3, -0.25) is 4.79 Å². The number of nitrogens with one attached hydrogen (secondary N) is 1. The van der Waals surface area contributed by atoms with E-state index >= 15 is 0 Å². The molecule has 1 amide bonds. The molecular formula is C14H22ClFN2O3S. The molecule has 2 unspecified atom stereocenters. The molecule has 1 aromatic carbocycles. The molecule has 0 bridgehead atoms. The van der Waals surface area contributed by atoms with Crippen LogP contribution in [0.3, 0.4) is 0 Å². The van der Waals surface area contributed by atoms with Gasteiger partial charge < -0.3 is 11.1 Å². The lowest BCUT2D eigenvalue weighted by Gasteiger charge is -2.15. The van der Waals surface area contributed by atoms with Crippen LogP contribution < -0.4 is 11.1 Å². The summed E-state index contributed by atoms with van der Waals surface area (Å²) in [4.78, 5) is 11.9. The smallest absolute Gasteiger partial charge is 0.223 e. The van der Waals surface area contributed by atoms with Gasteiger partial charge in [-0.25, -0.2) is 12.8 Å². The van der Waals surface area contributed by atoms with Crippen molar-refractivity contribution in [3.63, 3.8) is 0 Å². The van der Waals surface area contributed by atoms with Gasteiger partial charge in [-0.1, -0.05) is 13.8 Å². The maximum atomic E-state index is 12.8. The van der Waals surface area contributed by atoms with Crippen molar-refractivity contribution in [2.75, 3.05) is 18.8 Å². The van der Waals surface area contributed by atoms with Crippen molar-refractivity contribution >= 4 is 28.2 Å². The van der Waals surface area contributed by atoms with Crippen molar-refractivity contribution < 1.29 is 17.6 Å². The molecule has 5 nitrogen and oxygen atoms in total. The van der Waals surface area contributed by atoms with E-state index in [1.807, 2.05) is 6.92 Å². The van der Waals surface area contributed by atoms with Gasteiger partial charge in [-0.2, -0.15) is 0 Å². The van der Waals surface area contributed by atoms with Crippen LogP contribution in [0, 0.1) is 17.7 Å². The highest BCUT2D eigenvalue weighted by atomic mass is 35.5. The third-order valence-corrected chi connectivity index (χ3v) is 5.05. The normalized spacial score (nSPS) is 13.8. The highest BCUT2D eigenvalue weighted by Crippen LogP contribution is 2.15. The lowest BCUT2D eigenvalue weighted by Crippen LogP contribution is -2.37. The van der Waals surface area contributed by atoms with E-state index in [1.165, 1.54) is 12.1 Å². The van der Waals surface area contributed by atoms with Gasteiger partial charge in [0.1, 0.15) is 5.82 Å². The van der Waals surface area contributed by atoms with E-state index in [1.54, 1.807) is 6.92 Å². The quantitative estimate of drug-likeness (QED) is 0.725. The Balaban J connectivity index is 0.00000441. The fraction of sp³-hybridized carbons (Fsp3) is 0.500. The number of rotatable bonds is 7. The number of hydrogen-bond acceptors (Lipinski definition) is 4. The Morgan fingerprint density at radius 3 is 2.32 bits per heavy atom. The molecule has 0 heterocycles. The highest BCUT2D eigenvalue weighted by molar-refractivity contribution is 7.91. The first-order valence-corrected chi connectivity index (χ1v) is 8.37. The molecule has 0 saturated heterocycles. The van der Waals surface area contributed by atoms with Crippen molar-refractivity contribution in [2.45, 2.75) is 18.7 Å². The second kappa shape index (κ2) is 9.07. The van der Waals surface area contributed by atoms with Gasteiger partial charge in [0.2, 0.25) is 5.91 Å². The van der Waals surface area contributed by atoms with Crippen LogP contribution in [0.15, 0.2) is 29.2 Å². The first kappa shape index (κ1) is 20.8. The van der Waals surface area contributed by atoms with Crippen LogP contribution in [0.25, 0.3) is 0 Å². The van der Waals surface area contributed by atoms with Crippen LogP contribution in [0.1, 0.15) is 13.8 Å². The lowest BCUT2D eigenvalue weighted by molar-refractivity contribution is -0.124. The molecule has 8 heteroatoms. The van der Waals surface area contributed by atoms with Crippen LogP contribution in [0.2, 0.25) is 0 Å². The van der Waals surface area contributed by atoms with Crippen LogP contribution in [0.4, 0.5) is 4.39 Å². The van der Waals surface area contributed by atoms with Crippen molar-refractivity contribution in [3.8, 4) is 0 Å². The molecule has 1 aromatic rings. The van der Waals surface area contributed by atoms with E-state index < -0.39 is 21.6 Å². The zero-order chi connectivity index (χ0) is 16.0. The molecule has 0 spiro atoms. The third-order valence-electron chi connectivity index (χ3n) is 3.12. The van der Waals surface area contributed by atoms with Crippen LogP contribution in [-0.2, 0) is 14.6 Å². The van der Waals surface area contributed by atoms with Crippen molar-refractivity contribution in [2.24, 2.45) is 17.6 Å². The second-order valence-electron chi connectivity index (χ2n) is 5.22. The average molecular weight is 353 g/mol. The van der Waals surface area contributed by atoms with Gasteiger partial charge >= 0.3 is 0 Å². The SMILES string of the molecule is CC(CN)CNC(=O)C(C)CS(=O)(=O)c1ccc(F)cc1.Cl. The summed E-state index contributed by atoms with van der Waals surface area (Å²) in [5.41, 5.74) is 5.45. The van der Waals surface area contributed by atoms with Crippen LogP contribution in [0.5, 0.6) is 0 Å². The number of carbonyl (C=O) groups excluding carboxylic acids is 1. The summed E-state index contributed by atoms with van der Waals surface area (Å²) < 4.78 is 37.1. The maximum absolute atomic E-state index is 12.8. The number of hydrogen-bond donors (Lipinski definition) is 2. The topological polar surface area (TPSA) is 89.3 Å². The zero-order valence-corrected chi connectivity index (χ0v) is 14.2. The van der Waals surface area contributed by atoms with Gasteiger partial charge in [0.05, 0.1) is 10.6 Å². The Morgan fingerprint density at radius 2 is 1.82 bits per heavy atom. The van der Waals surface area contributed by atoms with Crippen molar-refractivity contribution in [1.82, 2.24) is 5.32 Å². The Kier molecular flexibility index (Phi) is 8.58. The van der Waals surface area contributed by atoms with Gasteiger partial charge in [0.25, 0.3) is 0 Å². The Hall–Kier alpha value is -1.18. The molecule has 0 aliphatic heterocycles. The molecule has 0 aromatic heterocycles. The molecule has 3 N–H and O–H groups in total. The van der Waals surface area contributed by atoms with E-state index in [-0.39, 0.29) is 34.9 Å². The molecule has 0 radical (unpaired) electrons. The van der Waals surface area contributed by atoms with E-state index in [0.29, 0.717) is 13.1 Å². The van der Waals surface area contributed by atoms with Crippen LogP contribution >= 0.6 is 12.4 Å². The van der Waals surface area contributed by atoms with Crippen molar-refractivity contribution in [1.29, 1.82) is 0 Å². The predicted molar refractivity (Wildman–Crippen MR) is 86.1 cm³/mol. The minimum atomic E-state index is -3.62. The molecule has 0 aliphatic rings. The van der Waals surface area contributed by atoms with E-state index in [2.05, 4.69) is 5.32 Å². The number of amides is 1. The minimum absolute atomic E-state index is 0. The predicted octanol–water partition coefficient (Wildman–Crippen LogP) is 1.37. The first-order chi connectivity index (χ1) is 9.76. The van der Waals surface area contributed by atoms with E-state index in [4.69, 9.17) is 5.73 Å². The summed E-state index contributed by atoms with van der Waals surface area (Å²) in [6.07, 6.45) is 0. The summed E-state index contributed by atoms with van der Waals surface area (Å²) in [5.74, 6) is -1.71. The molecule has 2 atom stereocenters. The van der Waals surface area contributed by atoms with Gasteiger partial charge in [-0.15, -0.1) is 12.4 Å². The first-order valence-electron chi connectivity index (χ1n) is 6.72. The molecule has 0 fully saturated rings. The van der Waals surface area contributed by atoms with Gasteiger partial charge in [0, 0.05) is 12.5 Å². The fourth-order valence-corrected chi connectivity index (χ4v) is 3.23. The number of nitrogens with two attached hydrogens (primary N) is 1. The standard InChI is InChI=1S/C14H21FN2O3S.ClH/c1-10(7-16)8-17-14(18)11(2)9-21(19,20)13-5-3-12(15)4-6-13;/h3-6,10-11H,7-9,16H2,1-2H3,(H,17,18);1H. The molecule has 1 rings (SSSR count). The summed E-state index contributed by atoms with van der Waals surface area (Å²) in [5, 5.41) is 2.67. The molecule has 0 aliphatic carbocycles. The minimum Gasteiger partial charge on any atom is -0.356 e. The Morgan fingerprint density at radius 1 is 1.27 bits per heavy atom. The summed E-state index contributed by atoms with van der Waals surface area (Å²) in [6, 6.07) is 4.57. The highest BCUT2D eigenvalue weighted by Gasteiger charge is 2.23. The number of carbonyl (C=O) groups is 1. The Bertz CT molecular complexity index is 578.